The standard InChI is InChI=1S/C32H37N5O4/c1-32(2,41)29-17-23(33-35(29)4)15-21-14-22(18-34(3)30(21)39)24-9-7-11-27(25(24)19-38)37-13-12-36-26-10-6-5-8-20(26)16-28(36)31(37)40/h7,9,11,14,16-18,38,41H,5-6,8,10,12-13,15,19H2,1-4H3. The molecule has 3 aromatic heterocycles. The summed E-state index contributed by atoms with van der Waals surface area (Å²) in [5.41, 5.74) is 6.90. The largest absolute Gasteiger partial charge is 0.392 e. The Morgan fingerprint density at radius 2 is 1.80 bits per heavy atom. The van der Waals surface area contributed by atoms with Crippen LogP contribution in [-0.4, -0.2) is 41.6 Å². The van der Waals surface area contributed by atoms with Gasteiger partial charge in [0, 0.05) is 56.6 Å². The average molecular weight is 556 g/mol. The fraction of sp³-hybridized carbons (Fsp3) is 0.406. The number of aliphatic hydroxyl groups is 2. The number of benzene rings is 1. The Morgan fingerprint density at radius 3 is 2.54 bits per heavy atom. The summed E-state index contributed by atoms with van der Waals surface area (Å²) in [7, 11) is 3.49. The van der Waals surface area contributed by atoms with Crippen LogP contribution in [0.15, 0.2) is 47.4 Å². The number of aliphatic hydroxyl groups excluding tert-OH is 1. The lowest BCUT2D eigenvalue weighted by Gasteiger charge is -2.31. The Balaban J connectivity index is 1.37. The first-order valence-electron chi connectivity index (χ1n) is 14.3. The van der Waals surface area contributed by atoms with E-state index in [4.69, 9.17) is 0 Å². The fourth-order valence-corrected chi connectivity index (χ4v) is 6.57. The maximum absolute atomic E-state index is 13.8. The Labute approximate surface area is 239 Å². The van der Waals surface area contributed by atoms with Crippen LogP contribution in [0.3, 0.4) is 0 Å². The summed E-state index contributed by atoms with van der Waals surface area (Å²) < 4.78 is 5.37. The first-order valence-corrected chi connectivity index (χ1v) is 14.3. The van der Waals surface area contributed by atoms with Crippen LogP contribution in [0, 0.1) is 0 Å². The molecule has 214 valence electrons. The van der Waals surface area contributed by atoms with E-state index in [-0.39, 0.29) is 18.1 Å². The highest BCUT2D eigenvalue weighted by Crippen LogP contribution is 2.35. The van der Waals surface area contributed by atoms with Crippen LogP contribution in [-0.2, 0) is 52.1 Å². The number of carbonyl (C=O) groups is 1. The summed E-state index contributed by atoms with van der Waals surface area (Å²) in [5, 5.41) is 25.6. The van der Waals surface area contributed by atoms with Crippen LogP contribution in [0.5, 0.6) is 0 Å². The molecule has 9 nitrogen and oxygen atoms in total. The van der Waals surface area contributed by atoms with Crippen molar-refractivity contribution in [3.8, 4) is 11.1 Å². The van der Waals surface area contributed by atoms with Crippen molar-refractivity contribution in [2.75, 3.05) is 11.4 Å². The summed E-state index contributed by atoms with van der Waals surface area (Å²) >= 11 is 0. The zero-order valence-electron chi connectivity index (χ0n) is 24.1. The van der Waals surface area contributed by atoms with E-state index in [9.17, 15) is 19.8 Å². The number of hydrogen-bond acceptors (Lipinski definition) is 5. The van der Waals surface area contributed by atoms with Gasteiger partial charge in [0.15, 0.2) is 0 Å². The van der Waals surface area contributed by atoms with Gasteiger partial charge in [-0.1, -0.05) is 12.1 Å². The molecular weight excluding hydrogens is 518 g/mol. The Kier molecular flexibility index (Phi) is 6.74. The number of pyridine rings is 1. The zero-order chi connectivity index (χ0) is 29.1. The Morgan fingerprint density at radius 1 is 1.02 bits per heavy atom. The van der Waals surface area contributed by atoms with Crippen molar-refractivity contribution in [1.82, 2.24) is 18.9 Å². The molecule has 0 unspecified atom stereocenters. The normalized spacial score (nSPS) is 15.3. The van der Waals surface area contributed by atoms with Crippen LogP contribution >= 0.6 is 0 Å². The van der Waals surface area contributed by atoms with Crippen molar-refractivity contribution in [2.24, 2.45) is 14.1 Å². The summed E-state index contributed by atoms with van der Waals surface area (Å²) in [6.07, 6.45) is 6.42. The molecule has 0 radical (unpaired) electrons. The highest BCUT2D eigenvalue weighted by atomic mass is 16.3. The van der Waals surface area contributed by atoms with Crippen LogP contribution in [0.4, 0.5) is 5.69 Å². The Bertz CT molecular complexity index is 1720. The number of rotatable bonds is 6. The van der Waals surface area contributed by atoms with E-state index >= 15 is 0 Å². The molecule has 9 heteroatoms. The number of aromatic nitrogens is 4. The predicted octanol–water partition coefficient (Wildman–Crippen LogP) is 3.44. The highest BCUT2D eigenvalue weighted by molar-refractivity contribution is 6.07. The van der Waals surface area contributed by atoms with Gasteiger partial charge in [-0.2, -0.15) is 5.10 Å². The van der Waals surface area contributed by atoms with Gasteiger partial charge < -0.3 is 24.2 Å². The van der Waals surface area contributed by atoms with Gasteiger partial charge in [-0.25, -0.2) is 0 Å². The number of nitrogens with zero attached hydrogens (tertiary/aromatic N) is 5. The fourth-order valence-electron chi connectivity index (χ4n) is 6.57. The monoisotopic (exact) mass is 555 g/mol. The summed E-state index contributed by atoms with van der Waals surface area (Å²) in [4.78, 5) is 28.7. The third kappa shape index (κ3) is 4.73. The van der Waals surface area contributed by atoms with Gasteiger partial charge in [-0.15, -0.1) is 0 Å². The number of amides is 1. The van der Waals surface area contributed by atoms with Crippen molar-refractivity contribution in [1.29, 1.82) is 0 Å². The van der Waals surface area contributed by atoms with Gasteiger partial charge in [0.2, 0.25) is 0 Å². The van der Waals surface area contributed by atoms with E-state index in [1.165, 1.54) is 11.3 Å². The lowest BCUT2D eigenvalue weighted by Crippen LogP contribution is -2.41. The molecule has 0 fully saturated rings. The number of aryl methyl sites for hydroxylation is 3. The topological polar surface area (TPSA) is 106 Å². The molecule has 4 heterocycles. The zero-order valence-corrected chi connectivity index (χ0v) is 24.1. The summed E-state index contributed by atoms with van der Waals surface area (Å²) in [6, 6.07) is 11.4. The number of fused-ring (bicyclic) bond motifs is 3. The highest BCUT2D eigenvalue weighted by Gasteiger charge is 2.31. The van der Waals surface area contributed by atoms with Gasteiger partial charge in [-0.3, -0.25) is 14.3 Å². The first kappa shape index (κ1) is 27.2. The Hall–Kier alpha value is -3.95. The lowest BCUT2D eigenvalue weighted by atomic mass is 9.96. The molecule has 0 spiro atoms. The van der Waals surface area contributed by atoms with Gasteiger partial charge in [0.05, 0.1) is 23.7 Å². The SMILES string of the molecule is Cn1nc(Cc2cc(-c3cccc(N4CCn5c(cc6c5CCCC6)C4=O)c3CO)cn(C)c2=O)cc1C(C)(C)O. The number of anilines is 1. The van der Waals surface area contributed by atoms with E-state index in [0.717, 1.165) is 49.0 Å². The minimum Gasteiger partial charge on any atom is -0.392 e. The van der Waals surface area contributed by atoms with Crippen molar-refractivity contribution < 1.29 is 15.0 Å². The van der Waals surface area contributed by atoms with E-state index in [2.05, 4.69) is 15.7 Å². The molecule has 1 aromatic carbocycles. The molecule has 4 aromatic rings. The second-order valence-corrected chi connectivity index (χ2v) is 11.8. The third-order valence-corrected chi connectivity index (χ3v) is 8.52. The molecule has 1 aliphatic heterocycles. The first-order chi connectivity index (χ1) is 19.6. The van der Waals surface area contributed by atoms with Gasteiger partial charge in [-0.05, 0) is 80.5 Å². The smallest absolute Gasteiger partial charge is 0.274 e. The maximum atomic E-state index is 13.8. The molecule has 1 aliphatic carbocycles. The summed E-state index contributed by atoms with van der Waals surface area (Å²) in [6.45, 7) is 4.42. The van der Waals surface area contributed by atoms with Crippen molar-refractivity contribution in [3.05, 3.63) is 92.4 Å². The molecule has 0 atom stereocenters. The quantitative estimate of drug-likeness (QED) is 0.379. The van der Waals surface area contributed by atoms with Gasteiger partial charge in [0.25, 0.3) is 11.5 Å². The minimum atomic E-state index is -1.06. The second kappa shape index (κ2) is 10.2. The number of hydrogen-bond donors (Lipinski definition) is 2. The minimum absolute atomic E-state index is 0.0450. The molecule has 0 saturated carbocycles. The van der Waals surface area contributed by atoms with Crippen molar-refractivity contribution >= 4 is 11.6 Å². The van der Waals surface area contributed by atoms with Crippen LogP contribution < -0.4 is 10.5 Å². The molecule has 6 rings (SSSR count). The lowest BCUT2D eigenvalue weighted by molar-refractivity contribution is 0.0695. The van der Waals surface area contributed by atoms with E-state index in [1.54, 1.807) is 48.3 Å². The molecule has 0 saturated heterocycles. The maximum Gasteiger partial charge on any atom is 0.274 e. The summed E-state index contributed by atoms with van der Waals surface area (Å²) in [5.74, 6) is -0.0450. The van der Waals surface area contributed by atoms with Crippen molar-refractivity contribution in [3.63, 3.8) is 0 Å². The van der Waals surface area contributed by atoms with E-state index < -0.39 is 5.60 Å². The molecular formula is C32H37N5O4. The molecule has 41 heavy (non-hydrogen) atoms. The molecule has 0 bridgehead atoms. The second-order valence-electron chi connectivity index (χ2n) is 11.8. The van der Waals surface area contributed by atoms with Crippen LogP contribution in [0.2, 0.25) is 0 Å². The van der Waals surface area contributed by atoms with Gasteiger partial charge >= 0.3 is 0 Å². The van der Waals surface area contributed by atoms with E-state index in [0.29, 0.717) is 41.2 Å². The third-order valence-electron chi connectivity index (χ3n) is 8.52. The molecule has 1 amide bonds. The number of carbonyl (C=O) groups excluding carboxylic acids is 1. The van der Waals surface area contributed by atoms with Crippen molar-refractivity contribution in [2.45, 2.75) is 64.7 Å². The van der Waals surface area contributed by atoms with Crippen LogP contribution in [0.25, 0.3) is 11.1 Å². The average Bonchev–Trinajstić information content (AvgIpc) is 3.51. The molecule has 2 aliphatic rings. The molecule has 2 N–H and O–H groups in total. The predicted molar refractivity (Wildman–Crippen MR) is 157 cm³/mol. The van der Waals surface area contributed by atoms with Crippen LogP contribution in [0.1, 0.15) is 70.9 Å². The van der Waals surface area contributed by atoms with E-state index in [1.807, 2.05) is 30.3 Å². The van der Waals surface area contributed by atoms with Gasteiger partial charge in [0.1, 0.15) is 11.3 Å².